The first-order valence-corrected chi connectivity index (χ1v) is 13.6. The maximum atomic E-state index is 15.0. The Morgan fingerprint density at radius 3 is 2.16 bits per heavy atom. The molecule has 0 aliphatic heterocycles. The molecule has 3 aromatic carbocycles. The molecule has 4 rings (SSSR count). The van der Waals surface area contributed by atoms with Gasteiger partial charge in [-0.15, -0.1) is 0 Å². The van der Waals surface area contributed by atoms with Gasteiger partial charge in [0, 0.05) is 24.8 Å². The summed E-state index contributed by atoms with van der Waals surface area (Å²) < 4.78 is 49.9. The molecule has 0 bridgehead atoms. The first-order valence-electron chi connectivity index (χ1n) is 13.6. The van der Waals surface area contributed by atoms with Gasteiger partial charge in [0.25, 0.3) is 0 Å². The number of benzene rings is 3. The monoisotopic (exact) mass is 506 g/mol. The van der Waals surface area contributed by atoms with Crippen molar-refractivity contribution in [2.45, 2.75) is 64.7 Å². The number of halogens is 3. The first-order chi connectivity index (χ1) is 18.0. The minimum Gasteiger partial charge on any atom is -0.384 e. The minimum atomic E-state index is -0.803. The fourth-order valence-electron chi connectivity index (χ4n) is 5.24. The molecule has 0 saturated carbocycles. The Hall–Kier alpha value is -2.85. The zero-order chi connectivity index (χ0) is 26.2. The van der Waals surface area contributed by atoms with Crippen molar-refractivity contribution in [3.63, 3.8) is 0 Å². The van der Waals surface area contributed by atoms with Crippen molar-refractivity contribution in [1.82, 2.24) is 0 Å². The molecule has 1 aliphatic carbocycles. The van der Waals surface area contributed by atoms with Gasteiger partial charge < -0.3 is 4.74 Å². The first kappa shape index (κ1) is 27.2. The summed E-state index contributed by atoms with van der Waals surface area (Å²) in [4.78, 5) is 0. The lowest BCUT2D eigenvalue weighted by Gasteiger charge is -2.21. The molecule has 0 saturated heterocycles. The topological polar surface area (TPSA) is 9.23 Å². The predicted molar refractivity (Wildman–Crippen MR) is 147 cm³/mol. The van der Waals surface area contributed by atoms with Gasteiger partial charge in [-0.2, -0.15) is 0 Å². The lowest BCUT2D eigenvalue weighted by molar-refractivity contribution is 0.148. The number of aryl methyl sites for hydroxylation is 1. The average molecular weight is 507 g/mol. The Labute approximate surface area is 219 Å². The number of methoxy groups -OCH3 is 1. The molecule has 4 heteroatoms. The van der Waals surface area contributed by atoms with Gasteiger partial charge in [-0.3, -0.25) is 0 Å². The van der Waals surface area contributed by atoms with Crippen LogP contribution in [0.5, 0.6) is 0 Å². The molecular formula is C33H37F3O. The second-order valence-electron chi connectivity index (χ2n) is 10.2. The van der Waals surface area contributed by atoms with Crippen molar-refractivity contribution in [3.8, 4) is 22.3 Å². The second-order valence-corrected chi connectivity index (χ2v) is 10.2. The maximum absolute atomic E-state index is 15.0. The number of rotatable bonds is 11. The third-order valence-electron chi connectivity index (χ3n) is 7.48. The van der Waals surface area contributed by atoms with Crippen LogP contribution in [0.15, 0.2) is 60.7 Å². The van der Waals surface area contributed by atoms with E-state index in [0.717, 1.165) is 68.3 Å². The third kappa shape index (κ3) is 6.73. The number of allylic oxidation sites excluding steroid dienone is 2. The lowest BCUT2D eigenvalue weighted by atomic mass is 9.86. The summed E-state index contributed by atoms with van der Waals surface area (Å²) in [5.74, 6) is -1.29. The van der Waals surface area contributed by atoms with Crippen molar-refractivity contribution < 1.29 is 17.9 Å². The van der Waals surface area contributed by atoms with Crippen LogP contribution in [0.3, 0.4) is 0 Å². The van der Waals surface area contributed by atoms with Gasteiger partial charge in [0.05, 0.1) is 0 Å². The van der Waals surface area contributed by atoms with Gasteiger partial charge in [0.1, 0.15) is 5.82 Å². The fourth-order valence-corrected chi connectivity index (χ4v) is 5.24. The summed E-state index contributed by atoms with van der Waals surface area (Å²) in [6.45, 7) is 2.89. The lowest BCUT2D eigenvalue weighted by Crippen LogP contribution is -2.11. The summed E-state index contributed by atoms with van der Waals surface area (Å²) >= 11 is 0. The molecule has 1 nitrogen and oxygen atoms in total. The largest absolute Gasteiger partial charge is 0.384 e. The normalized spacial score (nSPS) is 15.6. The van der Waals surface area contributed by atoms with Crippen LogP contribution in [0.4, 0.5) is 13.2 Å². The quantitative estimate of drug-likeness (QED) is 0.235. The third-order valence-corrected chi connectivity index (χ3v) is 7.48. The Morgan fingerprint density at radius 1 is 0.784 bits per heavy atom. The second kappa shape index (κ2) is 13.1. The Kier molecular flexibility index (Phi) is 9.62. The van der Waals surface area contributed by atoms with Crippen molar-refractivity contribution in [2.75, 3.05) is 13.7 Å². The molecule has 196 valence electrons. The molecule has 0 radical (unpaired) electrons. The van der Waals surface area contributed by atoms with Crippen LogP contribution in [-0.4, -0.2) is 13.7 Å². The highest BCUT2D eigenvalue weighted by Crippen LogP contribution is 2.34. The molecule has 37 heavy (non-hydrogen) atoms. The summed E-state index contributed by atoms with van der Waals surface area (Å²) in [5.41, 5.74) is 4.57. The highest BCUT2D eigenvalue weighted by molar-refractivity contribution is 5.74. The predicted octanol–water partition coefficient (Wildman–Crippen LogP) is 9.78. The van der Waals surface area contributed by atoms with E-state index in [1.165, 1.54) is 6.42 Å². The van der Waals surface area contributed by atoms with Gasteiger partial charge in [0.2, 0.25) is 0 Å². The molecule has 1 unspecified atom stereocenters. The van der Waals surface area contributed by atoms with Crippen LogP contribution in [0.1, 0.15) is 69.4 Å². The van der Waals surface area contributed by atoms with Crippen LogP contribution >= 0.6 is 0 Å². The highest BCUT2D eigenvalue weighted by Gasteiger charge is 2.18. The summed E-state index contributed by atoms with van der Waals surface area (Å²) in [6.07, 6.45) is 10.8. The van der Waals surface area contributed by atoms with Crippen molar-refractivity contribution in [1.29, 1.82) is 0 Å². The van der Waals surface area contributed by atoms with Gasteiger partial charge in [-0.25, -0.2) is 13.2 Å². The number of hydrogen-bond acceptors (Lipinski definition) is 1. The van der Waals surface area contributed by atoms with Crippen LogP contribution < -0.4 is 0 Å². The molecular weight excluding hydrogens is 469 g/mol. The highest BCUT2D eigenvalue weighted by atomic mass is 19.2. The van der Waals surface area contributed by atoms with Crippen molar-refractivity contribution >= 4 is 5.57 Å². The van der Waals surface area contributed by atoms with E-state index < -0.39 is 11.6 Å². The van der Waals surface area contributed by atoms with Crippen LogP contribution in [0.2, 0.25) is 0 Å². The van der Waals surface area contributed by atoms with E-state index >= 15 is 4.39 Å². The van der Waals surface area contributed by atoms with Crippen LogP contribution in [0.25, 0.3) is 27.8 Å². The van der Waals surface area contributed by atoms with E-state index in [2.05, 4.69) is 13.0 Å². The van der Waals surface area contributed by atoms with E-state index in [1.807, 2.05) is 24.3 Å². The molecule has 0 aromatic heterocycles. The van der Waals surface area contributed by atoms with Crippen LogP contribution in [0, 0.1) is 23.4 Å². The van der Waals surface area contributed by atoms with Gasteiger partial charge in [-0.1, -0.05) is 87.2 Å². The smallest absolute Gasteiger partial charge is 0.166 e. The van der Waals surface area contributed by atoms with Gasteiger partial charge >= 0.3 is 0 Å². The average Bonchev–Trinajstić information content (AvgIpc) is 2.92. The van der Waals surface area contributed by atoms with E-state index in [1.54, 1.807) is 37.4 Å². The van der Waals surface area contributed by atoms with Crippen molar-refractivity contribution in [3.05, 3.63) is 89.3 Å². The SMILES string of the molecule is CCCCCCCc1ccc(-c2ccc(-c3ccc(C4=CCC(COC)CC4)c(F)c3)cc2)c(F)c1F. The van der Waals surface area contributed by atoms with E-state index in [9.17, 15) is 8.78 Å². The number of hydrogen-bond donors (Lipinski definition) is 0. The van der Waals surface area contributed by atoms with Crippen LogP contribution in [-0.2, 0) is 11.2 Å². The fraction of sp³-hybridized carbons (Fsp3) is 0.394. The standard InChI is InChI=1S/C33H37F3O/c1-3-4-5-6-7-8-27-17-20-30(33(36)32(27)35)26-15-13-24(14-16-26)28-18-19-29(31(34)21-28)25-11-9-23(10-12-25)22-37-2/h11,13-21,23H,3-10,12,22H2,1-2H3. The number of ether oxygens (including phenoxy) is 1. The molecule has 0 fully saturated rings. The molecule has 1 atom stereocenters. The molecule has 0 N–H and O–H groups in total. The molecule has 0 amide bonds. The van der Waals surface area contributed by atoms with Gasteiger partial charge in [-0.05, 0) is 71.9 Å². The summed E-state index contributed by atoms with van der Waals surface area (Å²) in [7, 11) is 1.71. The zero-order valence-corrected chi connectivity index (χ0v) is 22.0. The summed E-state index contributed by atoms with van der Waals surface area (Å²) in [5, 5.41) is 0. The molecule has 0 heterocycles. The van der Waals surface area contributed by atoms with Gasteiger partial charge in [0.15, 0.2) is 11.6 Å². The summed E-state index contributed by atoms with van der Waals surface area (Å²) in [6, 6.07) is 15.9. The number of unbranched alkanes of at least 4 members (excludes halogenated alkanes) is 4. The Bertz CT molecular complexity index is 1210. The Morgan fingerprint density at radius 2 is 1.49 bits per heavy atom. The molecule has 1 aliphatic rings. The zero-order valence-electron chi connectivity index (χ0n) is 22.0. The molecule has 0 spiro atoms. The van der Waals surface area contributed by atoms with E-state index in [-0.39, 0.29) is 11.4 Å². The Balaban J connectivity index is 1.45. The minimum absolute atomic E-state index is 0.239. The van der Waals surface area contributed by atoms with Crippen molar-refractivity contribution in [2.24, 2.45) is 5.92 Å². The maximum Gasteiger partial charge on any atom is 0.166 e. The van der Waals surface area contributed by atoms with E-state index in [4.69, 9.17) is 4.74 Å². The van der Waals surface area contributed by atoms with E-state index in [0.29, 0.717) is 29.0 Å². The molecule has 3 aromatic rings.